The van der Waals surface area contributed by atoms with Crippen LogP contribution in [0.3, 0.4) is 0 Å². The van der Waals surface area contributed by atoms with Crippen molar-refractivity contribution in [3.05, 3.63) is 94.8 Å². The van der Waals surface area contributed by atoms with Crippen LogP contribution in [-0.4, -0.2) is 13.1 Å². The SMILES string of the molecule is COc1cccc(/C=C(\C#N)c2ccc(F)cc2)c1OCc1cccc(C(=O)[O-])c1. The third kappa shape index (κ3) is 4.83. The summed E-state index contributed by atoms with van der Waals surface area (Å²) in [7, 11) is 1.50. The molecule has 0 bridgehead atoms. The molecule has 0 heterocycles. The van der Waals surface area contributed by atoms with Crippen molar-refractivity contribution in [2.24, 2.45) is 0 Å². The number of nitriles is 1. The molecule has 0 radical (unpaired) electrons. The van der Waals surface area contributed by atoms with Crippen LogP contribution in [0.2, 0.25) is 0 Å². The van der Waals surface area contributed by atoms with Crippen molar-refractivity contribution < 1.29 is 23.8 Å². The molecular weight excluding hydrogens is 385 g/mol. The maximum Gasteiger partial charge on any atom is 0.168 e. The standard InChI is InChI=1S/C24H18FNO4/c1-29-22-7-3-5-18(13-20(14-26)17-8-10-21(25)11-9-17)23(22)30-15-16-4-2-6-19(12-16)24(27)28/h2-13H,15H2,1H3,(H,27,28)/p-1/b20-13+. The molecule has 5 nitrogen and oxygen atoms in total. The molecule has 3 rings (SSSR count). The second-order valence-corrected chi connectivity index (χ2v) is 6.33. The summed E-state index contributed by atoms with van der Waals surface area (Å²) in [6.07, 6.45) is 1.63. The smallest absolute Gasteiger partial charge is 0.168 e. The summed E-state index contributed by atoms with van der Waals surface area (Å²) in [6.45, 7) is 0.0841. The maximum atomic E-state index is 13.2. The number of carbonyl (C=O) groups excluding carboxylic acids is 1. The van der Waals surface area contributed by atoms with E-state index in [0.717, 1.165) is 0 Å². The first-order chi connectivity index (χ1) is 14.5. The lowest BCUT2D eigenvalue weighted by molar-refractivity contribution is -0.255. The lowest BCUT2D eigenvalue weighted by Gasteiger charge is -2.14. The predicted octanol–water partition coefficient (Wildman–Crippen LogP) is 3.84. The third-order valence-corrected chi connectivity index (χ3v) is 4.35. The molecule has 150 valence electrons. The fourth-order valence-electron chi connectivity index (χ4n) is 2.87. The summed E-state index contributed by atoms with van der Waals surface area (Å²) in [6, 6.07) is 19.2. The number of nitrogens with zero attached hydrogens (tertiary/aromatic N) is 1. The van der Waals surface area contributed by atoms with Gasteiger partial charge >= 0.3 is 0 Å². The molecule has 6 heteroatoms. The van der Waals surface area contributed by atoms with Gasteiger partial charge in [0.2, 0.25) is 0 Å². The molecule has 3 aromatic rings. The van der Waals surface area contributed by atoms with E-state index in [9.17, 15) is 19.6 Å². The average molecular weight is 402 g/mol. The van der Waals surface area contributed by atoms with Crippen LogP contribution < -0.4 is 14.6 Å². The number of aromatic carboxylic acids is 1. The zero-order valence-electron chi connectivity index (χ0n) is 16.1. The number of rotatable bonds is 7. The summed E-state index contributed by atoms with van der Waals surface area (Å²) >= 11 is 0. The monoisotopic (exact) mass is 402 g/mol. The Morgan fingerprint density at radius 3 is 2.50 bits per heavy atom. The molecule has 0 aliphatic rings. The number of allylic oxidation sites excluding steroid dienone is 1. The van der Waals surface area contributed by atoms with Crippen molar-refractivity contribution in [3.63, 3.8) is 0 Å². The Hall–Kier alpha value is -4.11. The van der Waals surface area contributed by atoms with E-state index in [4.69, 9.17) is 9.47 Å². The summed E-state index contributed by atoms with van der Waals surface area (Å²) in [5.74, 6) is -0.805. The Balaban J connectivity index is 1.95. The van der Waals surface area contributed by atoms with Gasteiger partial charge in [-0.25, -0.2) is 4.39 Å². The molecule has 0 fully saturated rings. The van der Waals surface area contributed by atoms with Crippen molar-refractivity contribution in [2.75, 3.05) is 7.11 Å². The van der Waals surface area contributed by atoms with E-state index in [-0.39, 0.29) is 18.0 Å². The number of halogens is 1. The van der Waals surface area contributed by atoms with Gasteiger partial charge in [0, 0.05) is 5.56 Å². The van der Waals surface area contributed by atoms with E-state index in [1.165, 1.54) is 43.5 Å². The first-order valence-electron chi connectivity index (χ1n) is 8.99. The summed E-state index contributed by atoms with van der Waals surface area (Å²) in [4.78, 5) is 11.1. The molecule has 0 aliphatic carbocycles. The van der Waals surface area contributed by atoms with Crippen molar-refractivity contribution >= 4 is 17.6 Å². The van der Waals surface area contributed by atoms with Crippen molar-refractivity contribution in [2.45, 2.75) is 6.61 Å². The number of carbonyl (C=O) groups is 1. The van der Waals surface area contributed by atoms with Gasteiger partial charge in [0.25, 0.3) is 0 Å². The Kier molecular flexibility index (Phi) is 6.46. The number of hydrogen-bond acceptors (Lipinski definition) is 5. The van der Waals surface area contributed by atoms with Crippen molar-refractivity contribution in [1.82, 2.24) is 0 Å². The van der Waals surface area contributed by atoms with E-state index in [0.29, 0.717) is 33.8 Å². The van der Waals surface area contributed by atoms with Gasteiger partial charge in [-0.2, -0.15) is 5.26 Å². The van der Waals surface area contributed by atoms with Crippen molar-refractivity contribution in [3.8, 4) is 17.6 Å². The highest BCUT2D eigenvalue weighted by Gasteiger charge is 2.12. The average Bonchev–Trinajstić information content (AvgIpc) is 2.77. The van der Waals surface area contributed by atoms with E-state index < -0.39 is 5.97 Å². The summed E-state index contributed by atoms with van der Waals surface area (Å²) in [5.41, 5.74) is 2.17. The number of methoxy groups -OCH3 is 1. The highest BCUT2D eigenvalue weighted by molar-refractivity contribution is 5.91. The van der Waals surface area contributed by atoms with Crippen LogP contribution >= 0.6 is 0 Å². The maximum absolute atomic E-state index is 13.2. The van der Waals surface area contributed by atoms with E-state index in [1.807, 2.05) is 0 Å². The van der Waals surface area contributed by atoms with Gasteiger partial charge < -0.3 is 19.4 Å². The number of para-hydroxylation sites is 1. The third-order valence-electron chi connectivity index (χ3n) is 4.35. The Morgan fingerprint density at radius 1 is 1.10 bits per heavy atom. The molecule has 0 aliphatic heterocycles. The van der Waals surface area contributed by atoms with Crippen LogP contribution in [0.1, 0.15) is 27.0 Å². The number of hydrogen-bond donors (Lipinski definition) is 0. The topological polar surface area (TPSA) is 82.4 Å². The zero-order valence-corrected chi connectivity index (χ0v) is 16.1. The fraction of sp³-hybridized carbons (Fsp3) is 0.0833. The normalized spacial score (nSPS) is 10.9. The summed E-state index contributed by atoms with van der Waals surface area (Å²) < 4.78 is 24.5. The van der Waals surface area contributed by atoms with Crippen LogP contribution in [0, 0.1) is 17.1 Å². The van der Waals surface area contributed by atoms with Gasteiger partial charge in [-0.05, 0) is 47.0 Å². The molecule has 0 saturated heterocycles. The highest BCUT2D eigenvalue weighted by Crippen LogP contribution is 2.34. The molecule has 0 spiro atoms. The molecular formula is C24H17FNO4-. The molecule has 0 N–H and O–H groups in total. The highest BCUT2D eigenvalue weighted by atomic mass is 19.1. The van der Waals surface area contributed by atoms with Gasteiger partial charge in [0.05, 0.1) is 24.7 Å². The van der Waals surface area contributed by atoms with Crippen LogP contribution in [0.15, 0.2) is 66.7 Å². The van der Waals surface area contributed by atoms with E-state index in [1.54, 1.807) is 36.4 Å². The Labute approximate surface area is 173 Å². The van der Waals surface area contributed by atoms with E-state index >= 15 is 0 Å². The predicted molar refractivity (Wildman–Crippen MR) is 108 cm³/mol. The molecule has 0 atom stereocenters. The number of carboxylic acids is 1. The largest absolute Gasteiger partial charge is 0.545 e. The van der Waals surface area contributed by atoms with E-state index in [2.05, 4.69) is 6.07 Å². The first kappa shape index (κ1) is 20.6. The van der Waals surface area contributed by atoms with Crippen LogP contribution in [-0.2, 0) is 6.61 Å². The summed E-state index contributed by atoms with van der Waals surface area (Å²) in [5, 5.41) is 20.6. The zero-order chi connectivity index (χ0) is 21.5. The minimum Gasteiger partial charge on any atom is -0.545 e. The molecule has 0 amide bonds. The second-order valence-electron chi connectivity index (χ2n) is 6.33. The molecule has 0 aromatic heterocycles. The fourth-order valence-corrected chi connectivity index (χ4v) is 2.87. The van der Waals surface area contributed by atoms with Crippen molar-refractivity contribution in [1.29, 1.82) is 5.26 Å². The van der Waals surface area contributed by atoms with Gasteiger partial charge in [-0.1, -0.05) is 42.5 Å². The van der Waals surface area contributed by atoms with Crippen LogP contribution in [0.4, 0.5) is 4.39 Å². The number of ether oxygens (including phenoxy) is 2. The molecule has 0 saturated carbocycles. The lowest BCUT2D eigenvalue weighted by Crippen LogP contribution is -2.22. The lowest BCUT2D eigenvalue weighted by atomic mass is 10.0. The first-order valence-corrected chi connectivity index (χ1v) is 8.99. The minimum atomic E-state index is -1.27. The molecule has 3 aromatic carbocycles. The molecule has 0 unspecified atom stereocenters. The van der Waals surface area contributed by atoms with Crippen LogP contribution in [0.5, 0.6) is 11.5 Å². The molecule has 30 heavy (non-hydrogen) atoms. The van der Waals surface area contributed by atoms with Crippen LogP contribution in [0.25, 0.3) is 11.6 Å². The Bertz CT molecular complexity index is 1130. The van der Waals surface area contributed by atoms with Gasteiger partial charge in [0.15, 0.2) is 11.5 Å². The quantitative estimate of drug-likeness (QED) is 0.443. The minimum absolute atomic E-state index is 0.0549. The Morgan fingerprint density at radius 2 is 1.83 bits per heavy atom. The van der Waals surface area contributed by atoms with Gasteiger partial charge in [-0.3, -0.25) is 0 Å². The number of benzene rings is 3. The second kappa shape index (κ2) is 9.39. The van der Waals surface area contributed by atoms with Gasteiger partial charge in [-0.15, -0.1) is 0 Å². The van der Waals surface area contributed by atoms with Gasteiger partial charge in [0.1, 0.15) is 12.4 Å². The number of carboxylic acid groups (broad SMARTS) is 1.